The van der Waals surface area contributed by atoms with Crippen molar-refractivity contribution in [2.45, 2.75) is 77.0 Å². The van der Waals surface area contributed by atoms with Crippen LogP contribution in [0.5, 0.6) is 0 Å². The Morgan fingerprint density at radius 3 is 2.33 bits per heavy atom. The zero-order chi connectivity index (χ0) is 25.9. The van der Waals surface area contributed by atoms with Gasteiger partial charge in [-0.25, -0.2) is 4.79 Å². The third-order valence-corrected chi connectivity index (χ3v) is 7.66. The van der Waals surface area contributed by atoms with Gasteiger partial charge in [0, 0.05) is 6.54 Å². The molecule has 1 N–H and O–H groups in total. The topological polar surface area (TPSA) is 93.1 Å². The number of benzene rings is 2. The number of hydrogen-bond acceptors (Lipinski definition) is 6. The van der Waals surface area contributed by atoms with Crippen molar-refractivity contribution in [1.82, 2.24) is 4.90 Å². The summed E-state index contributed by atoms with van der Waals surface area (Å²) in [6, 6.07) is 18.6. The average molecular weight is 516 g/mol. The van der Waals surface area contributed by atoms with Crippen molar-refractivity contribution < 1.29 is 28.5 Å². The van der Waals surface area contributed by atoms with Gasteiger partial charge in [-0.1, -0.05) is 74.5 Å². The van der Waals surface area contributed by atoms with Crippen molar-refractivity contribution in [2.75, 3.05) is 6.54 Å². The van der Waals surface area contributed by atoms with Gasteiger partial charge in [0.15, 0.2) is 0 Å². The van der Waals surface area contributed by atoms with Gasteiger partial charge in [-0.3, -0.25) is 9.36 Å². The number of aliphatic hydroxyl groups excluding tert-OH is 1. The molecule has 1 heterocycles. The van der Waals surface area contributed by atoms with E-state index in [1.165, 1.54) is 4.90 Å². The van der Waals surface area contributed by atoms with E-state index >= 15 is 0 Å². The normalized spacial score (nSPS) is 18.1. The van der Waals surface area contributed by atoms with Gasteiger partial charge in [0.05, 0.1) is 0 Å². The van der Waals surface area contributed by atoms with E-state index in [0.717, 1.165) is 17.5 Å². The molecule has 2 unspecified atom stereocenters. The van der Waals surface area contributed by atoms with Crippen molar-refractivity contribution in [3.05, 3.63) is 71.8 Å². The molecule has 2 aromatic carbocycles. The fourth-order valence-corrected chi connectivity index (χ4v) is 5.47. The minimum absolute atomic E-state index is 0.107. The summed E-state index contributed by atoms with van der Waals surface area (Å²) >= 11 is 0. The molecule has 0 aliphatic carbocycles. The van der Waals surface area contributed by atoms with Gasteiger partial charge >= 0.3 is 5.97 Å². The van der Waals surface area contributed by atoms with E-state index < -0.39 is 32.0 Å². The van der Waals surface area contributed by atoms with Gasteiger partial charge in [-0.05, 0) is 55.6 Å². The van der Waals surface area contributed by atoms with Crippen LogP contribution in [-0.2, 0) is 36.4 Å². The third-order valence-electron chi connectivity index (χ3n) is 6.31. The summed E-state index contributed by atoms with van der Waals surface area (Å²) in [4.78, 5) is 27.7. The van der Waals surface area contributed by atoms with Crippen LogP contribution >= 0.6 is 8.03 Å². The number of nitrogens with zero attached hydrogens (tertiary/aromatic N) is 1. The molecule has 1 aliphatic heterocycles. The van der Waals surface area contributed by atoms with Crippen molar-refractivity contribution >= 4 is 19.9 Å². The summed E-state index contributed by atoms with van der Waals surface area (Å²) in [5.74, 6) is -1.82. The van der Waals surface area contributed by atoms with E-state index in [1.807, 2.05) is 74.5 Å². The number of aryl methyl sites for hydroxylation is 1. The molecule has 2 aromatic rings. The Bertz CT molecular complexity index is 984. The zero-order valence-electron chi connectivity index (χ0n) is 21.2. The van der Waals surface area contributed by atoms with Crippen LogP contribution in [0.15, 0.2) is 60.7 Å². The second-order valence-corrected chi connectivity index (χ2v) is 11.3. The van der Waals surface area contributed by atoms with Gasteiger partial charge in [0.1, 0.15) is 24.6 Å². The van der Waals surface area contributed by atoms with Gasteiger partial charge in [-0.2, -0.15) is 0 Å². The quantitative estimate of drug-likeness (QED) is 0.299. The van der Waals surface area contributed by atoms with E-state index in [2.05, 4.69) is 0 Å². The summed E-state index contributed by atoms with van der Waals surface area (Å²) in [6.07, 6.45) is 2.34. The molecule has 0 spiro atoms. The molecular formula is C28H38NO6P. The molecule has 36 heavy (non-hydrogen) atoms. The van der Waals surface area contributed by atoms with E-state index in [4.69, 9.17) is 9.26 Å². The molecule has 196 valence electrons. The lowest BCUT2D eigenvalue weighted by molar-refractivity contribution is -0.156. The summed E-state index contributed by atoms with van der Waals surface area (Å²) in [7, 11) is -2.88. The number of ether oxygens (including phenoxy) is 1. The van der Waals surface area contributed by atoms with Crippen LogP contribution in [0.25, 0.3) is 0 Å². The summed E-state index contributed by atoms with van der Waals surface area (Å²) in [5, 5.41) is 10.5. The number of amides is 1. The SMILES string of the molecule is CC(C)CC(O[PH](=O)[C@H](O)CCCc1ccccc1)C(=O)N1CCC[C@H]1C(=O)OCc1ccccc1. The molecule has 0 radical (unpaired) electrons. The predicted molar refractivity (Wildman–Crippen MR) is 140 cm³/mol. The first kappa shape index (κ1) is 28.1. The van der Waals surface area contributed by atoms with Crippen molar-refractivity contribution in [3.8, 4) is 0 Å². The minimum Gasteiger partial charge on any atom is -0.459 e. The lowest BCUT2D eigenvalue weighted by atomic mass is 10.0. The number of carbonyl (C=O) groups excluding carboxylic acids is 2. The molecule has 3 rings (SSSR count). The highest BCUT2D eigenvalue weighted by molar-refractivity contribution is 7.39. The van der Waals surface area contributed by atoms with Crippen LogP contribution in [0.2, 0.25) is 0 Å². The number of aliphatic hydroxyl groups is 1. The molecule has 4 atom stereocenters. The first-order valence-electron chi connectivity index (χ1n) is 12.8. The number of hydrogen-bond donors (Lipinski definition) is 1. The number of esters is 1. The monoisotopic (exact) mass is 515 g/mol. The smallest absolute Gasteiger partial charge is 0.329 e. The average Bonchev–Trinajstić information content (AvgIpc) is 3.37. The second kappa shape index (κ2) is 14.3. The zero-order valence-corrected chi connectivity index (χ0v) is 22.2. The van der Waals surface area contributed by atoms with Crippen molar-refractivity contribution in [1.29, 1.82) is 0 Å². The van der Waals surface area contributed by atoms with Crippen LogP contribution in [0, 0.1) is 5.92 Å². The third kappa shape index (κ3) is 8.58. The van der Waals surface area contributed by atoms with Crippen LogP contribution in [0.4, 0.5) is 0 Å². The standard InChI is InChI=1S/C28H38NO6P/c1-21(2)19-25(35-36(33)26(30)17-9-15-22-11-5-3-6-12-22)27(31)29-18-10-16-24(29)28(32)34-20-23-13-7-4-8-14-23/h3-8,11-14,21,24-26,30,36H,9-10,15-20H2,1-2H3/t24-,25?,26-/m0/s1. The van der Waals surface area contributed by atoms with Crippen LogP contribution in [-0.4, -0.2) is 46.4 Å². The Morgan fingerprint density at radius 2 is 1.69 bits per heavy atom. The Hall–Kier alpha value is -2.47. The lowest BCUT2D eigenvalue weighted by Crippen LogP contribution is -2.46. The molecule has 7 nitrogen and oxygen atoms in total. The van der Waals surface area contributed by atoms with Crippen LogP contribution in [0.1, 0.15) is 57.1 Å². The fraction of sp³-hybridized carbons (Fsp3) is 0.500. The highest BCUT2D eigenvalue weighted by Gasteiger charge is 2.39. The molecule has 1 amide bonds. The highest BCUT2D eigenvalue weighted by atomic mass is 31.1. The first-order valence-corrected chi connectivity index (χ1v) is 14.2. The fourth-order valence-electron chi connectivity index (χ4n) is 4.39. The maximum atomic E-state index is 13.4. The number of likely N-dealkylation sites (tertiary alicyclic amines) is 1. The Balaban J connectivity index is 1.56. The maximum Gasteiger partial charge on any atom is 0.329 e. The van der Waals surface area contributed by atoms with Gasteiger partial charge in [0.2, 0.25) is 8.03 Å². The molecular weight excluding hydrogens is 477 g/mol. The molecule has 1 fully saturated rings. The molecule has 0 saturated carbocycles. The van der Waals surface area contributed by atoms with Crippen LogP contribution in [0.3, 0.4) is 0 Å². The Morgan fingerprint density at radius 1 is 1.06 bits per heavy atom. The van der Waals surface area contributed by atoms with Crippen molar-refractivity contribution in [3.63, 3.8) is 0 Å². The Kier molecular flexibility index (Phi) is 11.2. The largest absolute Gasteiger partial charge is 0.459 e. The number of carbonyl (C=O) groups is 2. The summed E-state index contributed by atoms with van der Waals surface area (Å²) in [6.45, 7) is 4.47. The van der Waals surface area contributed by atoms with E-state index in [0.29, 0.717) is 38.6 Å². The predicted octanol–water partition coefficient (Wildman–Crippen LogP) is 4.97. The van der Waals surface area contributed by atoms with E-state index in [9.17, 15) is 19.3 Å². The van der Waals surface area contributed by atoms with Gasteiger partial charge in [0.25, 0.3) is 5.91 Å². The summed E-state index contributed by atoms with van der Waals surface area (Å²) in [5.41, 5.74) is 2.03. The van der Waals surface area contributed by atoms with E-state index in [1.54, 1.807) is 0 Å². The van der Waals surface area contributed by atoms with Crippen molar-refractivity contribution in [2.24, 2.45) is 5.92 Å². The van der Waals surface area contributed by atoms with Gasteiger partial charge in [-0.15, -0.1) is 0 Å². The highest BCUT2D eigenvalue weighted by Crippen LogP contribution is 2.35. The molecule has 8 heteroatoms. The lowest BCUT2D eigenvalue weighted by Gasteiger charge is -2.29. The molecule has 1 saturated heterocycles. The second-order valence-electron chi connectivity index (χ2n) is 9.73. The van der Waals surface area contributed by atoms with Gasteiger partial charge < -0.3 is 19.3 Å². The molecule has 0 aromatic heterocycles. The molecule has 0 bridgehead atoms. The maximum absolute atomic E-state index is 13.4. The number of rotatable bonds is 13. The first-order chi connectivity index (χ1) is 17.3. The minimum atomic E-state index is -2.88. The summed E-state index contributed by atoms with van der Waals surface area (Å²) < 4.78 is 24.0. The Labute approximate surface area is 214 Å². The van der Waals surface area contributed by atoms with E-state index in [-0.39, 0.29) is 18.4 Å². The molecule has 1 aliphatic rings. The van der Waals surface area contributed by atoms with Crippen LogP contribution < -0.4 is 0 Å².